The number of Topliss-reactive ketones (excluding diaryl/α,β-unsaturated/α-hetero) is 1. The van der Waals surface area contributed by atoms with Crippen molar-refractivity contribution >= 4 is 5.78 Å². The van der Waals surface area contributed by atoms with Crippen LogP contribution >= 0.6 is 0 Å². The van der Waals surface area contributed by atoms with E-state index in [1.54, 1.807) is 0 Å². The lowest BCUT2D eigenvalue weighted by atomic mass is 10.0. The monoisotopic (exact) mass is 235 g/mol. The molecule has 0 spiro atoms. The van der Waals surface area contributed by atoms with E-state index in [2.05, 4.69) is 0 Å². The van der Waals surface area contributed by atoms with Crippen molar-refractivity contribution in [1.29, 1.82) is 0 Å². The molecule has 1 aromatic rings. The number of nitrogens with two attached hydrogens (primary N) is 1. The fraction of sp³-hybridized carbons (Fsp3) is 0.500. The van der Waals surface area contributed by atoms with Crippen LogP contribution in [0.1, 0.15) is 25.3 Å². The highest BCUT2D eigenvalue weighted by Gasteiger charge is 2.09. The first-order chi connectivity index (χ1) is 8.24. The van der Waals surface area contributed by atoms with Crippen molar-refractivity contribution in [3.63, 3.8) is 0 Å². The third-order valence-corrected chi connectivity index (χ3v) is 2.73. The zero-order valence-electron chi connectivity index (χ0n) is 10.4. The summed E-state index contributed by atoms with van der Waals surface area (Å²) in [5, 5.41) is 0. The van der Waals surface area contributed by atoms with Crippen LogP contribution in [0.3, 0.4) is 0 Å². The predicted molar refractivity (Wildman–Crippen MR) is 68.6 cm³/mol. The molecule has 0 aromatic heterocycles. The molecular formula is C14H21NO2. The van der Waals surface area contributed by atoms with Gasteiger partial charge in [-0.2, -0.15) is 0 Å². The van der Waals surface area contributed by atoms with Crippen molar-refractivity contribution in [2.45, 2.75) is 26.4 Å². The van der Waals surface area contributed by atoms with Crippen molar-refractivity contribution in [3.8, 4) is 0 Å². The fourth-order valence-corrected chi connectivity index (χ4v) is 1.49. The molecule has 0 amide bonds. The molecule has 0 saturated heterocycles. The number of rotatable bonds is 8. The Labute approximate surface area is 103 Å². The summed E-state index contributed by atoms with van der Waals surface area (Å²) >= 11 is 0. The van der Waals surface area contributed by atoms with Gasteiger partial charge in [0.25, 0.3) is 0 Å². The van der Waals surface area contributed by atoms with Gasteiger partial charge in [0.2, 0.25) is 0 Å². The van der Waals surface area contributed by atoms with Gasteiger partial charge in [0.1, 0.15) is 5.78 Å². The van der Waals surface area contributed by atoms with Crippen molar-refractivity contribution in [3.05, 3.63) is 35.9 Å². The summed E-state index contributed by atoms with van der Waals surface area (Å²) in [7, 11) is 0. The molecule has 0 bridgehead atoms. The molecule has 2 N–H and O–H groups in total. The second kappa shape index (κ2) is 7.98. The molecule has 0 aliphatic heterocycles. The van der Waals surface area contributed by atoms with E-state index >= 15 is 0 Å². The van der Waals surface area contributed by atoms with E-state index in [9.17, 15) is 4.79 Å². The molecule has 94 valence electrons. The second-order valence-corrected chi connectivity index (χ2v) is 4.24. The first-order valence-electron chi connectivity index (χ1n) is 6.08. The third-order valence-electron chi connectivity index (χ3n) is 2.73. The Morgan fingerprint density at radius 3 is 2.71 bits per heavy atom. The molecule has 3 heteroatoms. The lowest BCUT2D eigenvalue weighted by Gasteiger charge is -2.07. The van der Waals surface area contributed by atoms with Gasteiger partial charge >= 0.3 is 0 Å². The van der Waals surface area contributed by atoms with Gasteiger partial charge in [-0.3, -0.25) is 4.79 Å². The molecule has 0 radical (unpaired) electrons. The number of carbonyl (C=O) groups excluding carboxylic acids is 1. The summed E-state index contributed by atoms with van der Waals surface area (Å²) in [5.41, 5.74) is 6.59. The highest BCUT2D eigenvalue weighted by atomic mass is 16.5. The zero-order chi connectivity index (χ0) is 12.5. The van der Waals surface area contributed by atoms with E-state index in [0.29, 0.717) is 26.2 Å². The minimum atomic E-state index is -0.0240. The highest BCUT2D eigenvalue weighted by molar-refractivity contribution is 5.80. The largest absolute Gasteiger partial charge is 0.377 e. The van der Waals surface area contributed by atoms with E-state index in [0.717, 1.165) is 12.0 Å². The number of ether oxygens (including phenoxy) is 1. The smallest absolute Gasteiger partial charge is 0.137 e. The number of hydrogen-bond donors (Lipinski definition) is 1. The molecule has 17 heavy (non-hydrogen) atoms. The predicted octanol–water partition coefficient (Wildman–Crippen LogP) is 2.15. The van der Waals surface area contributed by atoms with E-state index in [4.69, 9.17) is 10.5 Å². The lowest BCUT2D eigenvalue weighted by molar-refractivity contribution is -0.122. The molecule has 0 aliphatic rings. The van der Waals surface area contributed by atoms with Gasteiger partial charge in [-0.15, -0.1) is 0 Å². The van der Waals surface area contributed by atoms with Crippen LogP contribution in [0.4, 0.5) is 0 Å². The Kier molecular flexibility index (Phi) is 6.51. The molecule has 0 aliphatic carbocycles. The van der Waals surface area contributed by atoms with E-state index in [1.165, 1.54) is 0 Å². The molecule has 0 fully saturated rings. The molecule has 1 aromatic carbocycles. The average Bonchev–Trinajstić information content (AvgIpc) is 2.38. The van der Waals surface area contributed by atoms with Crippen molar-refractivity contribution in [2.75, 3.05) is 13.2 Å². The standard InChI is InChI=1S/C14H21NO2/c1-12(10-15)14(16)8-5-9-17-11-13-6-3-2-4-7-13/h2-4,6-7,12H,5,8-11,15H2,1H3. The van der Waals surface area contributed by atoms with E-state index in [-0.39, 0.29) is 11.7 Å². The second-order valence-electron chi connectivity index (χ2n) is 4.24. The topological polar surface area (TPSA) is 52.3 Å². The van der Waals surface area contributed by atoms with Gasteiger partial charge < -0.3 is 10.5 Å². The molecule has 3 nitrogen and oxygen atoms in total. The van der Waals surface area contributed by atoms with Crippen LogP contribution in [0.25, 0.3) is 0 Å². The van der Waals surface area contributed by atoms with Crippen LogP contribution in [0, 0.1) is 5.92 Å². The Morgan fingerprint density at radius 1 is 1.35 bits per heavy atom. The van der Waals surface area contributed by atoms with Gasteiger partial charge in [0.15, 0.2) is 0 Å². The van der Waals surface area contributed by atoms with Crippen LogP contribution in [0.5, 0.6) is 0 Å². The van der Waals surface area contributed by atoms with Crippen LogP contribution in [-0.4, -0.2) is 18.9 Å². The third kappa shape index (κ3) is 5.61. The first kappa shape index (κ1) is 13.9. The maximum absolute atomic E-state index is 11.5. The van der Waals surface area contributed by atoms with Crippen molar-refractivity contribution in [1.82, 2.24) is 0 Å². The Bertz CT molecular complexity index is 324. The normalized spacial score (nSPS) is 12.4. The van der Waals surface area contributed by atoms with Gasteiger partial charge in [-0.1, -0.05) is 37.3 Å². The summed E-state index contributed by atoms with van der Waals surface area (Å²) < 4.78 is 5.50. The summed E-state index contributed by atoms with van der Waals surface area (Å²) in [6.45, 7) is 3.54. The van der Waals surface area contributed by atoms with E-state index in [1.807, 2.05) is 37.3 Å². The highest BCUT2D eigenvalue weighted by Crippen LogP contribution is 2.04. The van der Waals surface area contributed by atoms with Gasteiger partial charge in [-0.05, 0) is 12.0 Å². The lowest BCUT2D eigenvalue weighted by Crippen LogP contribution is -2.20. The minimum Gasteiger partial charge on any atom is -0.377 e. The quantitative estimate of drug-likeness (QED) is 0.702. The van der Waals surface area contributed by atoms with E-state index < -0.39 is 0 Å². The number of benzene rings is 1. The SMILES string of the molecule is CC(CN)C(=O)CCCOCc1ccccc1. The van der Waals surface area contributed by atoms with Crippen LogP contribution in [0.2, 0.25) is 0 Å². The number of ketones is 1. The number of hydrogen-bond acceptors (Lipinski definition) is 3. The Balaban J connectivity index is 2.07. The van der Waals surface area contributed by atoms with Crippen LogP contribution in [0.15, 0.2) is 30.3 Å². The van der Waals surface area contributed by atoms with Crippen LogP contribution < -0.4 is 5.73 Å². The molecular weight excluding hydrogens is 214 g/mol. The molecule has 0 heterocycles. The minimum absolute atomic E-state index is 0.0240. The fourth-order valence-electron chi connectivity index (χ4n) is 1.49. The summed E-state index contributed by atoms with van der Waals surface area (Å²) in [6.07, 6.45) is 1.34. The molecule has 1 atom stereocenters. The maximum atomic E-state index is 11.5. The first-order valence-corrected chi connectivity index (χ1v) is 6.08. The summed E-state index contributed by atoms with van der Waals surface area (Å²) in [6, 6.07) is 10.0. The van der Waals surface area contributed by atoms with Gasteiger partial charge in [-0.25, -0.2) is 0 Å². The van der Waals surface area contributed by atoms with Gasteiger partial charge in [0, 0.05) is 25.5 Å². The molecule has 0 saturated carbocycles. The maximum Gasteiger partial charge on any atom is 0.137 e. The Morgan fingerprint density at radius 2 is 2.06 bits per heavy atom. The molecule has 1 unspecified atom stereocenters. The summed E-state index contributed by atoms with van der Waals surface area (Å²) in [4.78, 5) is 11.5. The van der Waals surface area contributed by atoms with Gasteiger partial charge in [0.05, 0.1) is 6.61 Å². The molecule has 1 rings (SSSR count). The Hall–Kier alpha value is -1.19. The van der Waals surface area contributed by atoms with Crippen LogP contribution in [-0.2, 0) is 16.1 Å². The van der Waals surface area contributed by atoms with Crippen molar-refractivity contribution < 1.29 is 9.53 Å². The zero-order valence-corrected chi connectivity index (χ0v) is 10.4. The summed E-state index contributed by atoms with van der Waals surface area (Å²) in [5.74, 6) is 0.208. The average molecular weight is 235 g/mol. The van der Waals surface area contributed by atoms with Crippen molar-refractivity contribution in [2.24, 2.45) is 11.7 Å². The number of carbonyl (C=O) groups is 1.